The average molecular weight is 207 g/mol. The topological polar surface area (TPSA) is 47.6 Å². The van der Waals surface area contributed by atoms with Crippen molar-refractivity contribution in [3.8, 4) is 0 Å². The fourth-order valence-electron chi connectivity index (χ4n) is 1.39. The fourth-order valence-corrected chi connectivity index (χ4v) is 1.39. The molecule has 0 radical (unpaired) electrons. The maximum Gasteiger partial charge on any atom is 0.274 e. The maximum absolute atomic E-state index is 11.5. The lowest BCUT2D eigenvalue weighted by molar-refractivity contribution is -0.0187. The molecule has 1 atom stereocenters. The van der Waals surface area contributed by atoms with Crippen LogP contribution < -0.4 is 5.48 Å². The van der Waals surface area contributed by atoms with Crippen LogP contribution in [-0.4, -0.2) is 25.2 Å². The highest BCUT2D eigenvalue weighted by Gasteiger charge is 2.17. The maximum atomic E-state index is 11.5. The van der Waals surface area contributed by atoms with Crippen LogP contribution >= 0.6 is 0 Å². The lowest BCUT2D eigenvalue weighted by Gasteiger charge is -2.09. The Morgan fingerprint density at radius 1 is 1.40 bits per heavy atom. The Labute approximate surface area is 88.1 Å². The number of hydroxylamine groups is 1. The minimum atomic E-state index is -0.220. The van der Waals surface area contributed by atoms with E-state index in [0.29, 0.717) is 18.8 Å². The van der Waals surface area contributed by atoms with Gasteiger partial charge in [0, 0.05) is 18.6 Å². The van der Waals surface area contributed by atoms with Crippen LogP contribution in [-0.2, 0) is 9.57 Å². The zero-order chi connectivity index (χ0) is 10.5. The zero-order valence-electron chi connectivity index (χ0n) is 8.31. The number of benzene rings is 1. The summed E-state index contributed by atoms with van der Waals surface area (Å²) < 4.78 is 5.12. The molecule has 0 saturated carbocycles. The van der Waals surface area contributed by atoms with Crippen molar-refractivity contribution in [3.63, 3.8) is 0 Å². The Hall–Kier alpha value is -1.39. The van der Waals surface area contributed by atoms with Crippen molar-refractivity contribution in [2.24, 2.45) is 0 Å². The molecular formula is C11H13NO3. The molecule has 4 nitrogen and oxygen atoms in total. The third kappa shape index (κ3) is 2.78. The van der Waals surface area contributed by atoms with E-state index in [9.17, 15) is 4.79 Å². The Morgan fingerprint density at radius 2 is 2.20 bits per heavy atom. The summed E-state index contributed by atoms with van der Waals surface area (Å²) in [6, 6.07) is 8.97. The molecule has 1 aliphatic heterocycles. The monoisotopic (exact) mass is 207 g/mol. The molecule has 1 amide bonds. The molecule has 0 aromatic heterocycles. The molecule has 1 aromatic rings. The predicted octanol–water partition coefficient (Wildman–Crippen LogP) is 1.14. The van der Waals surface area contributed by atoms with Crippen LogP contribution in [0.3, 0.4) is 0 Å². The normalized spacial score (nSPS) is 20.1. The van der Waals surface area contributed by atoms with Gasteiger partial charge in [-0.05, 0) is 12.1 Å². The van der Waals surface area contributed by atoms with Crippen LogP contribution in [0.15, 0.2) is 30.3 Å². The molecule has 0 spiro atoms. The van der Waals surface area contributed by atoms with Crippen molar-refractivity contribution in [3.05, 3.63) is 35.9 Å². The van der Waals surface area contributed by atoms with Crippen LogP contribution in [0, 0.1) is 0 Å². The summed E-state index contributed by atoms with van der Waals surface area (Å²) in [6.07, 6.45) is 0.812. The molecule has 0 aliphatic carbocycles. The van der Waals surface area contributed by atoms with Gasteiger partial charge < -0.3 is 4.74 Å². The van der Waals surface area contributed by atoms with E-state index in [1.807, 2.05) is 18.2 Å². The molecule has 2 rings (SSSR count). The Balaban J connectivity index is 1.82. The summed E-state index contributed by atoms with van der Waals surface area (Å²) in [4.78, 5) is 16.7. The third-order valence-electron chi connectivity index (χ3n) is 2.24. The second-order valence-corrected chi connectivity index (χ2v) is 3.40. The highest BCUT2D eigenvalue weighted by Crippen LogP contribution is 2.07. The van der Waals surface area contributed by atoms with Crippen molar-refractivity contribution in [2.75, 3.05) is 13.2 Å². The molecule has 4 heteroatoms. The number of rotatable bonds is 3. The first-order chi connectivity index (χ1) is 7.36. The van der Waals surface area contributed by atoms with Crippen molar-refractivity contribution in [1.29, 1.82) is 0 Å². The highest BCUT2D eigenvalue weighted by molar-refractivity contribution is 5.93. The molecule has 0 bridgehead atoms. The van der Waals surface area contributed by atoms with Gasteiger partial charge >= 0.3 is 0 Å². The fraction of sp³-hybridized carbons (Fsp3) is 0.364. The smallest absolute Gasteiger partial charge is 0.274 e. The molecule has 1 unspecified atom stereocenters. The van der Waals surface area contributed by atoms with Crippen LogP contribution in [0.4, 0.5) is 0 Å². The van der Waals surface area contributed by atoms with Crippen molar-refractivity contribution in [2.45, 2.75) is 12.5 Å². The SMILES string of the molecule is O=C(NOC1CCOC1)c1ccccc1. The number of hydrogen-bond acceptors (Lipinski definition) is 3. The quantitative estimate of drug-likeness (QED) is 0.756. The van der Waals surface area contributed by atoms with Gasteiger partial charge in [-0.15, -0.1) is 0 Å². The van der Waals surface area contributed by atoms with Gasteiger partial charge in [0.25, 0.3) is 5.91 Å². The van der Waals surface area contributed by atoms with Gasteiger partial charge in [-0.2, -0.15) is 0 Å². The van der Waals surface area contributed by atoms with Gasteiger partial charge in [-0.25, -0.2) is 5.48 Å². The Kier molecular flexibility index (Phi) is 3.32. The van der Waals surface area contributed by atoms with E-state index >= 15 is 0 Å². The van der Waals surface area contributed by atoms with Crippen molar-refractivity contribution >= 4 is 5.91 Å². The molecule has 15 heavy (non-hydrogen) atoms. The second-order valence-electron chi connectivity index (χ2n) is 3.40. The van der Waals surface area contributed by atoms with Crippen LogP contribution in [0.1, 0.15) is 16.8 Å². The summed E-state index contributed by atoms with van der Waals surface area (Å²) >= 11 is 0. The summed E-state index contributed by atoms with van der Waals surface area (Å²) in [5.41, 5.74) is 3.02. The molecule has 80 valence electrons. The van der Waals surface area contributed by atoms with Crippen LogP contribution in [0.2, 0.25) is 0 Å². The molecule has 1 saturated heterocycles. The van der Waals surface area contributed by atoms with Crippen molar-refractivity contribution < 1.29 is 14.4 Å². The lowest BCUT2D eigenvalue weighted by atomic mass is 10.2. The van der Waals surface area contributed by atoms with Gasteiger partial charge in [0.05, 0.1) is 6.61 Å². The van der Waals surface area contributed by atoms with Gasteiger partial charge in [0.2, 0.25) is 0 Å². The summed E-state index contributed by atoms with van der Waals surface area (Å²) in [5.74, 6) is -0.220. The summed E-state index contributed by atoms with van der Waals surface area (Å²) in [6.45, 7) is 1.25. The minimum absolute atomic E-state index is 0.0161. The molecular weight excluding hydrogens is 194 g/mol. The zero-order valence-corrected chi connectivity index (χ0v) is 8.31. The number of hydrogen-bond donors (Lipinski definition) is 1. The van der Waals surface area contributed by atoms with E-state index in [4.69, 9.17) is 9.57 Å². The first kappa shape index (κ1) is 10.1. The van der Waals surface area contributed by atoms with Gasteiger partial charge in [0.1, 0.15) is 6.10 Å². The second kappa shape index (κ2) is 4.91. The highest BCUT2D eigenvalue weighted by atomic mass is 16.7. The first-order valence-electron chi connectivity index (χ1n) is 4.95. The van der Waals surface area contributed by atoms with Crippen LogP contribution in [0.25, 0.3) is 0 Å². The van der Waals surface area contributed by atoms with Gasteiger partial charge in [-0.3, -0.25) is 9.63 Å². The summed E-state index contributed by atoms with van der Waals surface area (Å²) in [5, 5.41) is 0. The largest absolute Gasteiger partial charge is 0.379 e. The minimum Gasteiger partial charge on any atom is -0.379 e. The van der Waals surface area contributed by atoms with Gasteiger partial charge in [-0.1, -0.05) is 18.2 Å². The molecule has 1 fully saturated rings. The van der Waals surface area contributed by atoms with E-state index in [-0.39, 0.29) is 12.0 Å². The Morgan fingerprint density at radius 3 is 2.87 bits per heavy atom. The Bertz CT molecular complexity index is 320. The number of ether oxygens (including phenoxy) is 1. The van der Waals surface area contributed by atoms with E-state index in [2.05, 4.69) is 5.48 Å². The number of nitrogens with one attached hydrogen (secondary N) is 1. The molecule has 1 aliphatic rings. The lowest BCUT2D eigenvalue weighted by Crippen LogP contribution is -2.29. The molecule has 1 heterocycles. The van der Waals surface area contributed by atoms with E-state index in [1.165, 1.54) is 0 Å². The number of carbonyl (C=O) groups excluding carboxylic acids is 1. The third-order valence-corrected chi connectivity index (χ3v) is 2.24. The number of carbonyl (C=O) groups is 1. The summed E-state index contributed by atoms with van der Waals surface area (Å²) in [7, 11) is 0. The predicted molar refractivity (Wildman–Crippen MR) is 54.2 cm³/mol. The van der Waals surface area contributed by atoms with E-state index < -0.39 is 0 Å². The average Bonchev–Trinajstić information content (AvgIpc) is 2.80. The van der Waals surface area contributed by atoms with Crippen molar-refractivity contribution in [1.82, 2.24) is 5.48 Å². The van der Waals surface area contributed by atoms with Gasteiger partial charge in [0.15, 0.2) is 0 Å². The van der Waals surface area contributed by atoms with Crippen LogP contribution in [0.5, 0.6) is 0 Å². The standard InChI is InChI=1S/C11H13NO3/c13-11(9-4-2-1-3-5-9)12-15-10-6-7-14-8-10/h1-5,10H,6-8H2,(H,12,13). The van der Waals surface area contributed by atoms with E-state index in [0.717, 1.165) is 6.42 Å². The number of amides is 1. The molecule has 1 N–H and O–H groups in total. The van der Waals surface area contributed by atoms with E-state index in [1.54, 1.807) is 12.1 Å². The molecule has 1 aromatic carbocycles. The first-order valence-corrected chi connectivity index (χ1v) is 4.95.